The van der Waals surface area contributed by atoms with Gasteiger partial charge in [0.2, 0.25) is 11.1 Å². The molecule has 0 N–H and O–H groups in total. The van der Waals surface area contributed by atoms with Crippen molar-refractivity contribution < 1.29 is 4.79 Å². The van der Waals surface area contributed by atoms with Gasteiger partial charge in [0.25, 0.3) is 0 Å². The van der Waals surface area contributed by atoms with Crippen molar-refractivity contribution in [1.29, 1.82) is 0 Å². The Balaban J connectivity index is 1.75. The van der Waals surface area contributed by atoms with E-state index in [2.05, 4.69) is 21.6 Å². The summed E-state index contributed by atoms with van der Waals surface area (Å²) in [6, 6.07) is 15.8. The Morgan fingerprint density at radius 1 is 1.15 bits per heavy atom. The third-order valence-electron chi connectivity index (χ3n) is 4.03. The molecule has 0 bridgehead atoms. The van der Waals surface area contributed by atoms with Gasteiger partial charge in [-0.2, -0.15) is 4.68 Å². The topological polar surface area (TPSA) is 63.9 Å². The van der Waals surface area contributed by atoms with E-state index in [1.807, 2.05) is 63.2 Å². The molecule has 6 nitrogen and oxygen atoms in total. The van der Waals surface area contributed by atoms with Crippen LogP contribution in [-0.2, 0) is 4.79 Å². The van der Waals surface area contributed by atoms with Crippen LogP contribution in [0.15, 0.2) is 53.7 Å². The maximum absolute atomic E-state index is 12.7. The second-order valence-corrected chi connectivity index (χ2v) is 6.87. The number of carbonyl (C=O) groups excluding carboxylic acids is 1. The summed E-state index contributed by atoms with van der Waals surface area (Å²) < 4.78 is 1.69. The molecule has 134 valence electrons. The van der Waals surface area contributed by atoms with Gasteiger partial charge in [-0.25, -0.2) is 0 Å². The van der Waals surface area contributed by atoms with Gasteiger partial charge in [0.05, 0.1) is 11.4 Å². The standard InChI is InChI=1S/C19H21N5OS/c1-4-23(16-8-6-5-7-9-16)18(25)13-26-19-20-21-22-24(19)17-11-10-14(2)12-15(17)3/h5-12H,4,13H2,1-3H3. The maximum atomic E-state index is 12.7. The number of anilines is 1. The van der Waals surface area contributed by atoms with Crippen LogP contribution in [0.2, 0.25) is 0 Å². The van der Waals surface area contributed by atoms with Gasteiger partial charge in [-0.3, -0.25) is 4.79 Å². The van der Waals surface area contributed by atoms with Crippen molar-refractivity contribution >= 4 is 23.4 Å². The Morgan fingerprint density at radius 2 is 1.92 bits per heavy atom. The van der Waals surface area contributed by atoms with Crippen molar-refractivity contribution in [3.63, 3.8) is 0 Å². The predicted molar refractivity (Wildman–Crippen MR) is 104 cm³/mol. The van der Waals surface area contributed by atoms with E-state index in [4.69, 9.17) is 0 Å². The lowest BCUT2D eigenvalue weighted by atomic mass is 10.1. The van der Waals surface area contributed by atoms with Gasteiger partial charge in [0.15, 0.2) is 0 Å². The van der Waals surface area contributed by atoms with Gasteiger partial charge in [0.1, 0.15) is 0 Å². The summed E-state index contributed by atoms with van der Waals surface area (Å²) in [6.45, 7) is 6.66. The van der Waals surface area contributed by atoms with E-state index in [0.717, 1.165) is 16.9 Å². The van der Waals surface area contributed by atoms with E-state index in [1.54, 1.807) is 9.58 Å². The molecule has 1 amide bonds. The summed E-state index contributed by atoms with van der Waals surface area (Å²) in [6.07, 6.45) is 0. The first kappa shape index (κ1) is 18.1. The average Bonchev–Trinajstić information content (AvgIpc) is 3.10. The van der Waals surface area contributed by atoms with Crippen molar-refractivity contribution in [1.82, 2.24) is 20.2 Å². The number of benzene rings is 2. The molecule has 0 aliphatic rings. The van der Waals surface area contributed by atoms with Crippen molar-refractivity contribution in [2.24, 2.45) is 0 Å². The Labute approximate surface area is 157 Å². The molecule has 2 aromatic carbocycles. The molecule has 0 spiro atoms. The molecule has 0 radical (unpaired) electrons. The van der Waals surface area contributed by atoms with Crippen LogP contribution < -0.4 is 4.90 Å². The zero-order valence-corrected chi connectivity index (χ0v) is 15.9. The van der Waals surface area contributed by atoms with Crippen molar-refractivity contribution in [2.45, 2.75) is 25.9 Å². The van der Waals surface area contributed by atoms with Gasteiger partial charge in [0, 0.05) is 12.2 Å². The first-order chi connectivity index (χ1) is 12.6. The minimum absolute atomic E-state index is 0.0267. The number of tetrazole rings is 1. The van der Waals surface area contributed by atoms with Crippen LogP contribution in [-0.4, -0.2) is 38.4 Å². The van der Waals surface area contributed by atoms with Crippen LogP contribution in [0.25, 0.3) is 5.69 Å². The molecule has 1 heterocycles. The second kappa shape index (κ2) is 8.14. The molecule has 0 unspecified atom stereocenters. The molecule has 0 aliphatic heterocycles. The molecular formula is C19H21N5OS. The number of aromatic nitrogens is 4. The lowest BCUT2D eigenvalue weighted by molar-refractivity contribution is -0.116. The minimum atomic E-state index is 0.0267. The molecule has 1 aromatic heterocycles. The minimum Gasteiger partial charge on any atom is -0.312 e. The molecule has 7 heteroatoms. The van der Waals surface area contributed by atoms with E-state index >= 15 is 0 Å². The lowest BCUT2D eigenvalue weighted by Crippen LogP contribution is -2.32. The quantitative estimate of drug-likeness (QED) is 0.625. The van der Waals surface area contributed by atoms with E-state index in [-0.39, 0.29) is 11.7 Å². The van der Waals surface area contributed by atoms with Gasteiger partial charge in [-0.05, 0) is 55.0 Å². The third kappa shape index (κ3) is 3.94. The number of carbonyl (C=O) groups is 1. The van der Waals surface area contributed by atoms with E-state index in [1.165, 1.54) is 17.3 Å². The normalized spacial score (nSPS) is 10.7. The Morgan fingerprint density at radius 3 is 2.62 bits per heavy atom. The highest BCUT2D eigenvalue weighted by Crippen LogP contribution is 2.22. The molecule has 0 saturated carbocycles. The average molecular weight is 367 g/mol. The number of thioether (sulfide) groups is 1. The zero-order chi connectivity index (χ0) is 18.5. The number of hydrogen-bond donors (Lipinski definition) is 0. The van der Waals surface area contributed by atoms with Crippen molar-refractivity contribution in [3.8, 4) is 5.69 Å². The summed E-state index contributed by atoms with van der Waals surface area (Å²) in [5, 5.41) is 12.6. The largest absolute Gasteiger partial charge is 0.312 e. The fourth-order valence-corrected chi connectivity index (χ4v) is 3.54. The zero-order valence-electron chi connectivity index (χ0n) is 15.1. The number of hydrogen-bond acceptors (Lipinski definition) is 5. The van der Waals surface area contributed by atoms with Gasteiger partial charge in [-0.1, -0.05) is 47.7 Å². The van der Waals surface area contributed by atoms with Crippen LogP contribution in [0.3, 0.4) is 0 Å². The van der Waals surface area contributed by atoms with E-state index in [0.29, 0.717) is 11.7 Å². The predicted octanol–water partition coefficient (Wildman–Crippen LogP) is 3.42. The smallest absolute Gasteiger partial charge is 0.237 e. The summed E-state index contributed by atoms with van der Waals surface area (Å²) in [4.78, 5) is 14.4. The van der Waals surface area contributed by atoms with E-state index in [9.17, 15) is 4.79 Å². The van der Waals surface area contributed by atoms with Crippen molar-refractivity contribution in [3.05, 3.63) is 59.7 Å². The fourth-order valence-electron chi connectivity index (χ4n) is 2.78. The lowest BCUT2D eigenvalue weighted by Gasteiger charge is -2.20. The Hall–Kier alpha value is -2.67. The van der Waals surface area contributed by atoms with Crippen LogP contribution in [0.4, 0.5) is 5.69 Å². The fraction of sp³-hybridized carbons (Fsp3) is 0.263. The Kier molecular flexibility index (Phi) is 5.68. The van der Waals surface area contributed by atoms with Gasteiger partial charge < -0.3 is 4.90 Å². The number of amides is 1. The first-order valence-corrected chi connectivity index (χ1v) is 9.43. The van der Waals surface area contributed by atoms with Crippen LogP contribution in [0, 0.1) is 13.8 Å². The van der Waals surface area contributed by atoms with Crippen molar-refractivity contribution in [2.75, 3.05) is 17.2 Å². The number of rotatable bonds is 6. The summed E-state index contributed by atoms with van der Waals surface area (Å²) in [5.74, 6) is 0.299. The number of nitrogens with zero attached hydrogens (tertiary/aromatic N) is 5. The molecule has 3 rings (SSSR count). The van der Waals surface area contributed by atoms with Gasteiger partial charge >= 0.3 is 0 Å². The monoisotopic (exact) mass is 367 g/mol. The maximum Gasteiger partial charge on any atom is 0.237 e. The first-order valence-electron chi connectivity index (χ1n) is 8.44. The van der Waals surface area contributed by atoms with Crippen LogP contribution in [0.1, 0.15) is 18.1 Å². The Bertz CT molecular complexity index is 894. The molecular weight excluding hydrogens is 346 g/mol. The second-order valence-electron chi connectivity index (χ2n) is 5.93. The molecule has 0 atom stereocenters. The highest BCUT2D eigenvalue weighted by molar-refractivity contribution is 7.99. The van der Waals surface area contributed by atoms with Gasteiger partial charge in [-0.15, -0.1) is 5.10 Å². The number of aryl methyl sites for hydroxylation is 2. The van der Waals surface area contributed by atoms with Crippen LogP contribution in [0.5, 0.6) is 0 Å². The molecule has 0 saturated heterocycles. The van der Waals surface area contributed by atoms with E-state index < -0.39 is 0 Å². The summed E-state index contributed by atoms with van der Waals surface area (Å²) in [7, 11) is 0. The molecule has 26 heavy (non-hydrogen) atoms. The summed E-state index contributed by atoms with van der Waals surface area (Å²) >= 11 is 1.34. The number of para-hydroxylation sites is 1. The third-order valence-corrected chi connectivity index (χ3v) is 4.94. The molecule has 0 fully saturated rings. The summed E-state index contributed by atoms with van der Waals surface area (Å²) in [5.41, 5.74) is 4.09. The SMILES string of the molecule is CCN(C(=O)CSc1nnnn1-c1ccc(C)cc1C)c1ccccc1. The molecule has 3 aromatic rings. The molecule has 0 aliphatic carbocycles. The highest BCUT2D eigenvalue weighted by Gasteiger charge is 2.17. The highest BCUT2D eigenvalue weighted by atomic mass is 32.2. The van der Waals surface area contributed by atoms with Crippen LogP contribution >= 0.6 is 11.8 Å².